The molecule has 1 aliphatic heterocycles. The zero-order valence-corrected chi connectivity index (χ0v) is 14.8. The maximum atomic E-state index is 5.25. The molecular formula is C19H24N4O. The van der Waals surface area contributed by atoms with Crippen molar-refractivity contribution in [2.75, 3.05) is 37.0 Å². The van der Waals surface area contributed by atoms with E-state index in [1.165, 1.54) is 11.1 Å². The second-order valence-electron chi connectivity index (χ2n) is 5.81. The Morgan fingerprint density at radius 1 is 1.17 bits per heavy atom. The lowest BCUT2D eigenvalue weighted by molar-refractivity contribution is 0.415. The molecule has 0 saturated heterocycles. The van der Waals surface area contributed by atoms with Gasteiger partial charge in [-0.05, 0) is 50.1 Å². The van der Waals surface area contributed by atoms with Crippen LogP contribution >= 0.6 is 0 Å². The van der Waals surface area contributed by atoms with Crippen molar-refractivity contribution in [1.82, 2.24) is 9.97 Å². The molecule has 0 spiro atoms. The summed E-state index contributed by atoms with van der Waals surface area (Å²) in [7, 11) is 1.69. The van der Waals surface area contributed by atoms with Gasteiger partial charge >= 0.3 is 0 Å². The monoisotopic (exact) mass is 324 g/mol. The molecule has 0 saturated carbocycles. The van der Waals surface area contributed by atoms with Gasteiger partial charge in [-0.25, -0.2) is 4.98 Å². The van der Waals surface area contributed by atoms with E-state index in [1.807, 2.05) is 19.1 Å². The van der Waals surface area contributed by atoms with Crippen LogP contribution in [0, 0.1) is 6.92 Å². The van der Waals surface area contributed by atoms with E-state index in [0.29, 0.717) is 5.95 Å². The molecule has 2 aromatic rings. The number of nitrogens with zero attached hydrogens (tertiary/aromatic N) is 3. The molecule has 0 radical (unpaired) electrons. The van der Waals surface area contributed by atoms with Gasteiger partial charge in [0.05, 0.1) is 12.8 Å². The highest BCUT2D eigenvalue weighted by atomic mass is 16.5. The summed E-state index contributed by atoms with van der Waals surface area (Å²) in [5, 5.41) is 3.22. The summed E-state index contributed by atoms with van der Waals surface area (Å²) in [5.41, 5.74) is 4.58. The highest BCUT2D eigenvalue weighted by molar-refractivity contribution is 5.91. The molecule has 2 heterocycles. The van der Waals surface area contributed by atoms with Gasteiger partial charge < -0.3 is 15.0 Å². The number of hydrogen-bond donors (Lipinski definition) is 1. The molecule has 24 heavy (non-hydrogen) atoms. The van der Waals surface area contributed by atoms with Crippen LogP contribution in [0.2, 0.25) is 0 Å². The third-order valence-electron chi connectivity index (χ3n) is 4.27. The van der Waals surface area contributed by atoms with Gasteiger partial charge in [0.15, 0.2) is 0 Å². The predicted octanol–water partition coefficient (Wildman–Crippen LogP) is 3.61. The molecule has 1 aromatic heterocycles. The molecule has 0 bridgehead atoms. The summed E-state index contributed by atoms with van der Waals surface area (Å²) in [4.78, 5) is 11.6. The highest BCUT2D eigenvalue weighted by Crippen LogP contribution is 2.33. The fourth-order valence-electron chi connectivity index (χ4n) is 2.96. The van der Waals surface area contributed by atoms with Crippen LogP contribution in [0.25, 0.3) is 11.6 Å². The standard InChI is InChI=1S/C19H24N4O/c1-5-20-19-21-13(3)17-11-15(12-23(6-2)18(17)22-19)14-7-9-16(24-4)10-8-14/h7-11H,5-6,12H2,1-4H3,(H,20,21,22). The van der Waals surface area contributed by atoms with E-state index in [0.717, 1.165) is 42.5 Å². The lowest BCUT2D eigenvalue weighted by Gasteiger charge is -2.30. The van der Waals surface area contributed by atoms with Gasteiger partial charge in [0.1, 0.15) is 11.6 Å². The molecular weight excluding hydrogens is 300 g/mol. The maximum absolute atomic E-state index is 5.25. The van der Waals surface area contributed by atoms with Crippen LogP contribution in [-0.4, -0.2) is 36.7 Å². The summed E-state index contributed by atoms with van der Waals surface area (Å²) >= 11 is 0. The average molecular weight is 324 g/mol. The van der Waals surface area contributed by atoms with Crippen LogP contribution < -0.4 is 15.0 Å². The van der Waals surface area contributed by atoms with Crippen molar-refractivity contribution in [2.45, 2.75) is 20.8 Å². The molecule has 0 unspecified atom stereocenters. The number of aryl methyl sites for hydroxylation is 1. The highest BCUT2D eigenvalue weighted by Gasteiger charge is 2.22. The van der Waals surface area contributed by atoms with Gasteiger partial charge in [0.2, 0.25) is 5.95 Å². The van der Waals surface area contributed by atoms with Crippen molar-refractivity contribution >= 4 is 23.4 Å². The van der Waals surface area contributed by atoms with Gasteiger partial charge in [-0.1, -0.05) is 12.1 Å². The van der Waals surface area contributed by atoms with E-state index in [1.54, 1.807) is 7.11 Å². The molecule has 0 fully saturated rings. The lowest BCUT2D eigenvalue weighted by Crippen LogP contribution is -2.30. The largest absolute Gasteiger partial charge is 0.497 e. The molecule has 5 heteroatoms. The van der Waals surface area contributed by atoms with Crippen molar-refractivity contribution in [3.63, 3.8) is 0 Å². The Hall–Kier alpha value is -2.56. The molecule has 0 atom stereocenters. The van der Waals surface area contributed by atoms with E-state index >= 15 is 0 Å². The Morgan fingerprint density at radius 3 is 2.54 bits per heavy atom. The van der Waals surface area contributed by atoms with Crippen molar-refractivity contribution in [3.8, 4) is 5.75 Å². The SMILES string of the molecule is CCNc1nc(C)c2c(n1)N(CC)CC(c1ccc(OC)cc1)=C2. The summed E-state index contributed by atoms with van der Waals surface area (Å²) in [6, 6.07) is 8.21. The zero-order chi connectivity index (χ0) is 17.1. The molecule has 1 aromatic carbocycles. The minimum absolute atomic E-state index is 0.702. The lowest BCUT2D eigenvalue weighted by atomic mass is 9.98. The Labute approximate surface area is 143 Å². The molecule has 3 rings (SSSR count). The average Bonchev–Trinajstić information content (AvgIpc) is 2.61. The van der Waals surface area contributed by atoms with Crippen molar-refractivity contribution in [3.05, 3.63) is 41.1 Å². The van der Waals surface area contributed by atoms with E-state index in [2.05, 4.69) is 47.3 Å². The van der Waals surface area contributed by atoms with Gasteiger partial charge in [0, 0.05) is 25.2 Å². The first-order valence-electron chi connectivity index (χ1n) is 8.38. The number of ether oxygens (including phenoxy) is 1. The van der Waals surface area contributed by atoms with Crippen LogP contribution in [0.4, 0.5) is 11.8 Å². The Balaban J connectivity index is 2.04. The first-order valence-corrected chi connectivity index (χ1v) is 8.38. The molecule has 126 valence electrons. The van der Waals surface area contributed by atoms with Crippen molar-refractivity contribution in [2.24, 2.45) is 0 Å². The number of methoxy groups -OCH3 is 1. The molecule has 0 aliphatic carbocycles. The van der Waals surface area contributed by atoms with Crippen LogP contribution in [0.1, 0.15) is 30.7 Å². The third kappa shape index (κ3) is 3.07. The number of rotatable bonds is 5. The number of nitrogens with one attached hydrogen (secondary N) is 1. The smallest absolute Gasteiger partial charge is 0.224 e. The summed E-state index contributed by atoms with van der Waals surface area (Å²) in [6.07, 6.45) is 2.22. The first kappa shape index (κ1) is 16.3. The normalized spacial score (nSPS) is 13.3. The fraction of sp³-hybridized carbons (Fsp3) is 0.368. The molecule has 1 N–H and O–H groups in total. The topological polar surface area (TPSA) is 50.3 Å². The number of aromatic nitrogens is 2. The van der Waals surface area contributed by atoms with Gasteiger partial charge in [-0.2, -0.15) is 4.98 Å². The van der Waals surface area contributed by atoms with Gasteiger partial charge in [-0.3, -0.25) is 0 Å². The van der Waals surface area contributed by atoms with Crippen molar-refractivity contribution in [1.29, 1.82) is 0 Å². The Bertz CT molecular complexity index is 753. The number of benzene rings is 1. The summed E-state index contributed by atoms with van der Waals surface area (Å²) in [6.45, 7) is 8.82. The zero-order valence-electron chi connectivity index (χ0n) is 14.8. The van der Waals surface area contributed by atoms with Gasteiger partial charge in [0.25, 0.3) is 0 Å². The number of fused-ring (bicyclic) bond motifs is 1. The second-order valence-corrected chi connectivity index (χ2v) is 5.81. The van der Waals surface area contributed by atoms with E-state index in [9.17, 15) is 0 Å². The second kappa shape index (κ2) is 6.91. The van der Waals surface area contributed by atoms with Crippen LogP contribution in [0.3, 0.4) is 0 Å². The number of anilines is 2. The van der Waals surface area contributed by atoms with Crippen LogP contribution in [-0.2, 0) is 0 Å². The summed E-state index contributed by atoms with van der Waals surface area (Å²) < 4.78 is 5.25. The Kier molecular flexibility index (Phi) is 4.69. The first-order chi connectivity index (χ1) is 11.7. The van der Waals surface area contributed by atoms with Crippen LogP contribution in [0.5, 0.6) is 5.75 Å². The molecule has 5 nitrogen and oxygen atoms in total. The van der Waals surface area contributed by atoms with E-state index in [4.69, 9.17) is 9.72 Å². The minimum atomic E-state index is 0.702. The predicted molar refractivity (Wildman–Crippen MR) is 99.7 cm³/mol. The van der Waals surface area contributed by atoms with E-state index in [-0.39, 0.29) is 0 Å². The third-order valence-corrected chi connectivity index (χ3v) is 4.27. The molecule has 0 amide bonds. The quantitative estimate of drug-likeness (QED) is 0.910. The van der Waals surface area contributed by atoms with E-state index < -0.39 is 0 Å². The van der Waals surface area contributed by atoms with Crippen molar-refractivity contribution < 1.29 is 4.74 Å². The molecule has 1 aliphatic rings. The van der Waals surface area contributed by atoms with Gasteiger partial charge in [-0.15, -0.1) is 0 Å². The fourth-order valence-corrected chi connectivity index (χ4v) is 2.96. The number of hydrogen-bond acceptors (Lipinski definition) is 5. The number of likely N-dealkylation sites (N-methyl/N-ethyl adjacent to an activating group) is 1. The summed E-state index contributed by atoms with van der Waals surface area (Å²) in [5.74, 6) is 2.59. The van der Waals surface area contributed by atoms with Crippen LogP contribution in [0.15, 0.2) is 24.3 Å². The minimum Gasteiger partial charge on any atom is -0.497 e. The maximum Gasteiger partial charge on any atom is 0.224 e. The Morgan fingerprint density at radius 2 is 1.92 bits per heavy atom.